The molecule has 2 aromatic rings. The van der Waals surface area contributed by atoms with Crippen molar-refractivity contribution < 1.29 is 26.7 Å². The molecular formula is C19H22F2N2O4S. The number of esters is 1. The van der Waals surface area contributed by atoms with Crippen LogP contribution in [0.4, 0.5) is 8.78 Å². The van der Waals surface area contributed by atoms with Crippen LogP contribution in [0.15, 0.2) is 35.4 Å². The molecule has 1 aromatic heterocycles. The zero-order valence-corrected chi connectivity index (χ0v) is 16.5. The number of benzene rings is 1. The van der Waals surface area contributed by atoms with Gasteiger partial charge >= 0.3 is 5.97 Å². The number of hydrogen-bond acceptors (Lipinski definition) is 4. The summed E-state index contributed by atoms with van der Waals surface area (Å²) in [5.74, 6) is -2.34. The summed E-state index contributed by atoms with van der Waals surface area (Å²) in [4.78, 5) is 12.5. The van der Waals surface area contributed by atoms with Gasteiger partial charge in [0.1, 0.15) is 28.3 Å². The Morgan fingerprint density at radius 1 is 1.14 bits per heavy atom. The first kappa shape index (κ1) is 20.5. The Balaban J connectivity index is 1.79. The molecule has 1 fully saturated rings. The van der Waals surface area contributed by atoms with Crippen molar-refractivity contribution in [3.05, 3.63) is 53.4 Å². The Bertz CT molecular complexity index is 982. The van der Waals surface area contributed by atoms with E-state index in [9.17, 15) is 22.0 Å². The zero-order valence-electron chi connectivity index (χ0n) is 15.7. The van der Waals surface area contributed by atoms with Crippen LogP contribution in [0.25, 0.3) is 0 Å². The number of ether oxygens (including phenoxy) is 1. The van der Waals surface area contributed by atoms with E-state index in [4.69, 9.17) is 4.74 Å². The number of nitrogens with zero attached hydrogens (tertiary/aromatic N) is 2. The highest BCUT2D eigenvalue weighted by atomic mass is 32.2. The van der Waals surface area contributed by atoms with Gasteiger partial charge in [0.05, 0.1) is 0 Å². The van der Waals surface area contributed by atoms with Crippen molar-refractivity contribution in [3.63, 3.8) is 0 Å². The Morgan fingerprint density at radius 3 is 2.46 bits per heavy atom. The number of rotatable bonds is 5. The van der Waals surface area contributed by atoms with Gasteiger partial charge in [-0.25, -0.2) is 22.0 Å². The number of carbonyl (C=O) groups excluding carboxylic acids is 1. The summed E-state index contributed by atoms with van der Waals surface area (Å²) in [6.45, 7) is 2.37. The first-order valence-electron chi connectivity index (χ1n) is 9.02. The second-order valence-corrected chi connectivity index (χ2v) is 8.79. The van der Waals surface area contributed by atoms with Gasteiger partial charge in [0.2, 0.25) is 10.0 Å². The van der Waals surface area contributed by atoms with Gasteiger partial charge in [-0.2, -0.15) is 4.31 Å². The van der Waals surface area contributed by atoms with Crippen molar-refractivity contribution in [2.24, 2.45) is 7.05 Å². The standard InChI is InChI=1S/C19H22F2N2O4S/c1-13(16-7-6-14(20)10-17(16)21)27-19(24)18-11-15(12-22(18)2)28(25,26)23-8-4-3-5-9-23/h6-7,10-13H,3-5,8-9H2,1-2H3/t13-/m1/s1. The van der Waals surface area contributed by atoms with E-state index < -0.39 is 33.7 Å². The van der Waals surface area contributed by atoms with Gasteiger partial charge in [0, 0.05) is 38.0 Å². The maximum absolute atomic E-state index is 13.9. The number of piperidine rings is 1. The summed E-state index contributed by atoms with van der Waals surface area (Å²) in [7, 11) is -2.15. The van der Waals surface area contributed by atoms with E-state index in [1.54, 1.807) is 0 Å². The third-order valence-corrected chi connectivity index (χ3v) is 6.69. The molecule has 0 amide bonds. The lowest BCUT2D eigenvalue weighted by Crippen LogP contribution is -2.35. The topological polar surface area (TPSA) is 68.6 Å². The molecule has 1 saturated heterocycles. The van der Waals surface area contributed by atoms with Gasteiger partial charge in [-0.1, -0.05) is 6.42 Å². The molecule has 3 rings (SSSR count). The quantitative estimate of drug-likeness (QED) is 0.706. The van der Waals surface area contributed by atoms with Crippen LogP contribution in [-0.2, 0) is 21.8 Å². The van der Waals surface area contributed by atoms with Crippen molar-refractivity contribution in [3.8, 4) is 0 Å². The number of aryl methyl sites for hydroxylation is 1. The average Bonchev–Trinajstić information content (AvgIpc) is 3.05. The molecule has 1 aromatic carbocycles. The van der Waals surface area contributed by atoms with Crippen LogP contribution in [0.2, 0.25) is 0 Å². The molecule has 0 N–H and O–H groups in total. The molecule has 0 saturated carbocycles. The maximum Gasteiger partial charge on any atom is 0.355 e. The number of sulfonamides is 1. The summed E-state index contributed by atoms with van der Waals surface area (Å²) in [5.41, 5.74) is 0.0649. The Hall–Kier alpha value is -2.26. The summed E-state index contributed by atoms with van der Waals surface area (Å²) < 4.78 is 60.5. The summed E-state index contributed by atoms with van der Waals surface area (Å²) in [5, 5.41) is 0. The van der Waals surface area contributed by atoms with E-state index >= 15 is 0 Å². The van der Waals surface area contributed by atoms with E-state index in [1.165, 1.54) is 41.2 Å². The van der Waals surface area contributed by atoms with Gasteiger partial charge in [-0.15, -0.1) is 0 Å². The molecule has 0 bridgehead atoms. The first-order valence-corrected chi connectivity index (χ1v) is 10.5. The second-order valence-electron chi connectivity index (χ2n) is 6.85. The van der Waals surface area contributed by atoms with Crippen molar-refractivity contribution in [1.82, 2.24) is 8.87 Å². The SMILES string of the molecule is C[C@@H](OC(=O)c1cc(S(=O)(=O)N2CCCCC2)cn1C)c1ccc(F)cc1F. The van der Waals surface area contributed by atoms with Crippen LogP contribution in [0.5, 0.6) is 0 Å². The van der Waals surface area contributed by atoms with Crippen molar-refractivity contribution in [2.45, 2.75) is 37.2 Å². The minimum Gasteiger partial charge on any atom is -0.453 e. The van der Waals surface area contributed by atoms with Gasteiger partial charge < -0.3 is 9.30 Å². The third kappa shape index (κ3) is 4.10. The van der Waals surface area contributed by atoms with Crippen LogP contribution in [-0.4, -0.2) is 36.3 Å². The highest BCUT2D eigenvalue weighted by molar-refractivity contribution is 7.89. The van der Waals surface area contributed by atoms with Crippen LogP contribution in [0, 0.1) is 11.6 Å². The molecule has 9 heteroatoms. The van der Waals surface area contributed by atoms with Crippen LogP contribution in [0.1, 0.15) is 48.3 Å². The molecular weight excluding hydrogens is 390 g/mol. The van der Waals surface area contributed by atoms with Gasteiger partial charge in [-0.05, 0) is 38.0 Å². The van der Waals surface area contributed by atoms with Crippen LogP contribution < -0.4 is 0 Å². The zero-order chi connectivity index (χ0) is 20.5. The van der Waals surface area contributed by atoms with Crippen molar-refractivity contribution >= 4 is 16.0 Å². The minimum absolute atomic E-state index is 0.0180. The lowest BCUT2D eigenvalue weighted by molar-refractivity contribution is 0.0320. The molecule has 1 atom stereocenters. The highest BCUT2D eigenvalue weighted by Gasteiger charge is 2.29. The fourth-order valence-corrected chi connectivity index (χ4v) is 4.84. The van der Waals surface area contributed by atoms with Gasteiger partial charge in [-0.3, -0.25) is 0 Å². The number of aromatic nitrogens is 1. The van der Waals surface area contributed by atoms with Crippen molar-refractivity contribution in [2.75, 3.05) is 13.1 Å². The Labute approximate surface area is 162 Å². The smallest absolute Gasteiger partial charge is 0.355 e. The fourth-order valence-electron chi connectivity index (χ4n) is 3.25. The predicted molar refractivity (Wildman–Crippen MR) is 98.2 cm³/mol. The Morgan fingerprint density at radius 2 is 1.82 bits per heavy atom. The number of halogens is 2. The van der Waals surface area contributed by atoms with Crippen molar-refractivity contribution in [1.29, 1.82) is 0 Å². The van der Waals surface area contributed by atoms with E-state index in [-0.39, 0.29) is 16.2 Å². The number of carbonyl (C=O) groups is 1. The molecule has 0 unspecified atom stereocenters. The van der Waals surface area contributed by atoms with Crippen LogP contribution >= 0.6 is 0 Å². The van der Waals surface area contributed by atoms with Gasteiger partial charge in [0.15, 0.2) is 0 Å². The molecule has 2 heterocycles. The molecule has 0 radical (unpaired) electrons. The Kier molecular flexibility index (Phi) is 5.85. The molecule has 6 nitrogen and oxygen atoms in total. The molecule has 28 heavy (non-hydrogen) atoms. The molecule has 0 spiro atoms. The molecule has 152 valence electrons. The lowest BCUT2D eigenvalue weighted by atomic mass is 10.1. The lowest BCUT2D eigenvalue weighted by Gasteiger charge is -2.25. The highest BCUT2D eigenvalue weighted by Crippen LogP contribution is 2.25. The molecule has 1 aliphatic heterocycles. The van der Waals surface area contributed by atoms with E-state index in [0.717, 1.165) is 25.3 Å². The average molecular weight is 412 g/mol. The van der Waals surface area contributed by atoms with E-state index in [1.807, 2.05) is 0 Å². The second kappa shape index (κ2) is 8.00. The number of hydrogen-bond donors (Lipinski definition) is 0. The minimum atomic E-state index is -3.69. The van der Waals surface area contributed by atoms with E-state index in [2.05, 4.69) is 0 Å². The summed E-state index contributed by atoms with van der Waals surface area (Å²) >= 11 is 0. The summed E-state index contributed by atoms with van der Waals surface area (Å²) in [6, 6.07) is 4.26. The van der Waals surface area contributed by atoms with E-state index in [0.29, 0.717) is 19.2 Å². The molecule has 0 aliphatic carbocycles. The monoisotopic (exact) mass is 412 g/mol. The normalized spacial score (nSPS) is 16.7. The van der Waals surface area contributed by atoms with Crippen LogP contribution in [0.3, 0.4) is 0 Å². The first-order chi connectivity index (χ1) is 13.2. The summed E-state index contributed by atoms with van der Waals surface area (Å²) in [6.07, 6.45) is 3.01. The largest absolute Gasteiger partial charge is 0.453 e. The maximum atomic E-state index is 13.9. The molecule has 1 aliphatic rings. The third-order valence-electron chi connectivity index (χ3n) is 4.83. The van der Waals surface area contributed by atoms with Gasteiger partial charge in [0.25, 0.3) is 0 Å². The fraction of sp³-hybridized carbons (Fsp3) is 0.421. The predicted octanol–water partition coefficient (Wildman–Crippen LogP) is 3.40.